The number of rotatable bonds is 6. The van der Waals surface area contributed by atoms with Crippen molar-refractivity contribution in [2.45, 2.75) is 18.7 Å². The van der Waals surface area contributed by atoms with E-state index in [9.17, 15) is 13.2 Å². The minimum atomic E-state index is -3.82. The van der Waals surface area contributed by atoms with Gasteiger partial charge in [0.2, 0.25) is 0 Å². The van der Waals surface area contributed by atoms with Gasteiger partial charge in [0.25, 0.3) is 10.0 Å². The van der Waals surface area contributed by atoms with Crippen LogP contribution in [0.25, 0.3) is 0 Å². The summed E-state index contributed by atoms with van der Waals surface area (Å²) in [4.78, 5) is 12.2. The predicted molar refractivity (Wildman–Crippen MR) is 94.1 cm³/mol. The fraction of sp³-hybridized carbons (Fsp3) is 0.235. The van der Waals surface area contributed by atoms with Crippen LogP contribution in [-0.4, -0.2) is 27.5 Å². The van der Waals surface area contributed by atoms with Crippen molar-refractivity contribution >= 4 is 33.3 Å². The van der Waals surface area contributed by atoms with E-state index in [0.29, 0.717) is 5.02 Å². The molecule has 128 valence electrons. The van der Waals surface area contributed by atoms with Gasteiger partial charge in [-0.25, -0.2) is 13.2 Å². The van der Waals surface area contributed by atoms with Gasteiger partial charge in [-0.2, -0.15) is 0 Å². The van der Waals surface area contributed by atoms with Gasteiger partial charge in [-0.3, -0.25) is 4.31 Å². The molecule has 0 aliphatic heterocycles. The molecule has 0 unspecified atom stereocenters. The lowest BCUT2D eigenvalue weighted by Crippen LogP contribution is -2.32. The van der Waals surface area contributed by atoms with E-state index in [1.807, 2.05) is 0 Å². The predicted octanol–water partition coefficient (Wildman–Crippen LogP) is 3.73. The third-order valence-corrected chi connectivity index (χ3v) is 5.51. The Labute approximate surface area is 146 Å². The van der Waals surface area contributed by atoms with Crippen molar-refractivity contribution in [1.29, 1.82) is 0 Å². The van der Waals surface area contributed by atoms with Crippen LogP contribution in [0.2, 0.25) is 5.02 Å². The maximum atomic E-state index is 12.9. The Balaban J connectivity index is 2.52. The molecule has 5 nitrogen and oxygen atoms in total. The standard InChI is InChI=1S/C17H18ClNO4S/c1-3-19(24(21,22)14-11-9-13(18)10-12-14)16-8-6-5-7-15(16)17(20)23-4-2/h5-12H,3-4H2,1-2H3. The molecule has 0 aliphatic carbocycles. The normalized spacial score (nSPS) is 11.1. The highest BCUT2D eigenvalue weighted by molar-refractivity contribution is 7.92. The summed E-state index contributed by atoms with van der Waals surface area (Å²) in [7, 11) is -3.82. The molecule has 7 heteroatoms. The third-order valence-electron chi connectivity index (χ3n) is 3.36. The summed E-state index contributed by atoms with van der Waals surface area (Å²) in [6, 6.07) is 12.4. The molecule has 0 heterocycles. The zero-order chi connectivity index (χ0) is 17.7. The zero-order valence-corrected chi connectivity index (χ0v) is 15.0. The highest BCUT2D eigenvalue weighted by Gasteiger charge is 2.27. The van der Waals surface area contributed by atoms with Crippen LogP contribution in [0.3, 0.4) is 0 Å². The number of benzene rings is 2. The van der Waals surface area contributed by atoms with Gasteiger partial charge in [0.05, 0.1) is 22.8 Å². The molecule has 0 fully saturated rings. The highest BCUT2D eigenvalue weighted by atomic mass is 35.5. The number of esters is 1. The van der Waals surface area contributed by atoms with Crippen molar-refractivity contribution in [1.82, 2.24) is 0 Å². The number of anilines is 1. The van der Waals surface area contributed by atoms with Crippen LogP contribution in [0.1, 0.15) is 24.2 Å². The van der Waals surface area contributed by atoms with Crippen molar-refractivity contribution in [3.05, 3.63) is 59.1 Å². The minimum Gasteiger partial charge on any atom is -0.462 e. The smallest absolute Gasteiger partial charge is 0.340 e. The van der Waals surface area contributed by atoms with E-state index < -0.39 is 16.0 Å². The Kier molecular flexibility index (Phi) is 5.85. The first-order chi connectivity index (χ1) is 11.4. The van der Waals surface area contributed by atoms with E-state index in [-0.39, 0.29) is 29.3 Å². The Hall–Kier alpha value is -2.05. The summed E-state index contributed by atoms with van der Waals surface area (Å²) >= 11 is 5.82. The van der Waals surface area contributed by atoms with Crippen LogP contribution in [0, 0.1) is 0 Å². The van der Waals surface area contributed by atoms with Crippen molar-refractivity contribution in [2.24, 2.45) is 0 Å². The van der Waals surface area contributed by atoms with E-state index in [2.05, 4.69) is 0 Å². The molecular weight excluding hydrogens is 350 g/mol. The van der Waals surface area contributed by atoms with Crippen LogP contribution >= 0.6 is 11.6 Å². The van der Waals surface area contributed by atoms with Crippen LogP contribution in [-0.2, 0) is 14.8 Å². The summed E-state index contributed by atoms with van der Waals surface area (Å²) in [5, 5.41) is 0.448. The Morgan fingerprint density at radius 2 is 1.71 bits per heavy atom. The number of nitrogens with zero attached hydrogens (tertiary/aromatic N) is 1. The van der Waals surface area contributed by atoms with Crippen molar-refractivity contribution in [3.63, 3.8) is 0 Å². The molecule has 0 aromatic heterocycles. The second kappa shape index (κ2) is 7.68. The SMILES string of the molecule is CCOC(=O)c1ccccc1N(CC)S(=O)(=O)c1ccc(Cl)cc1. The number of halogens is 1. The second-order valence-electron chi connectivity index (χ2n) is 4.86. The fourth-order valence-electron chi connectivity index (χ4n) is 2.28. The fourth-order valence-corrected chi connectivity index (χ4v) is 3.89. The quantitative estimate of drug-likeness (QED) is 0.730. The van der Waals surface area contributed by atoms with Gasteiger partial charge in [0.15, 0.2) is 0 Å². The Morgan fingerprint density at radius 3 is 2.29 bits per heavy atom. The molecule has 0 spiro atoms. The third kappa shape index (κ3) is 3.71. The number of para-hydroxylation sites is 1. The molecule has 0 bridgehead atoms. The number of sulfonamides is 1. The second-order valence-corrected chi connectivity index (χ2v) is 7.16. The minimum absolute atomic E-state index is 0.104. The molecular formula is C17H18ClNO4S. The first kappa shape index (κ1) is 18.3. The van der Waals surface area contributed by atoms with Crippen molar-refractivity contribution in [2.75, 3.05) is 17.5 Å². The lowest BCUT2D eigenvalue weighted by Gasteiger charge is -2.24. The molecule has 0 amide bonds. The van der Waals surface area contributed by atoms with E-state index in [0.717, 1.165) is 0 Å². The van der Waals surface area contributed by atoms with Gasteiger partial charge in [-0.1, -0.05) is 23.7 Å². The van der Waals surface area contributed by atoms with Gasteiger partial charge in [0, 0.05) is 11.6 Å². The molecule has 2 rings (SSSR count). The monoisotopic (exact) mass is 367 g/mol. The van der Waals surface area contributed by atoms with E-state index in [4.69, 9.17) is 16.3 Å². The maximum absolute atomic E-state index is 12.9. The molecule has 2 aromatic carbocycles. The van der Waals surface area contributed by atoms with Crippen molar-refractivity contribution in [3.8, 4) is 0 Å². The molecule has 24 heavy (non-hydrogen) atoms. The summed E-state index contributed by atoms with van der Waals surface area (Å²) in [5.74, 6) is -0.558. The first-order valence-corrected chi connectivity index (χ1v) is 9.28. The number of ether oxygens (including phenoxy) is 1. The van der Waals surface area contributed by atoms with Crippen LogP contribution < -0.4 is 4.31 Å². The van der Waals surface area contributed by atoms with Crippen LogP contribution in [0.15, 0.2) is 53.4 Å². The molecule has 0 N–H and O–H groups in total. The van der Waals surface area contributed by atoms with Gasteiger partial charge in [-0.05, 0) is 50.2 Å². The lowest BCUT2D eigenvalue weighted by atomic mass is 10.2. The van der Waals surface area contributed by atoms with Gasteiger partial charge in [-0.15, -0.1) is 0 Å². The number of carbonyl (C=O) groups excluding carboxylic acids is 1. The van der Waals surface area contributed by atoms with E-state index in [1.165, 1.54) is 28.6 Å². The lowest BCUT2D eigenvalue weighted by molar-refractivity contribution is 0.0527. The van der Waals surface area contributed by atoms with Gasteiger partial charge in [0.1, 0.15) is 0 Å². The molecule has 0 radical (unpaired) electrons. The molecule has 0 saturated heterocycles. The first-order valence-electron chi connectivity index (χ1n) is 7.46. The number of carbonyl (C=O) groups is 1. The summed E-state index contributed by atoms with van der Waals surface area (Å²) in [6.45, 7) is 3.78. The Morgan fingerprint density at radius 1 is 1.08 bits per heavy atom. The van der Waals surface area contributed by atoms with E-state index >= 15 is 0 Å². The summed E-state index contributed by atoms with van der Waals surface area (Å²) < 4.78 is 32.1. The molecule has 2 aromatic rings. The van der Waals surface area contributed by atoms with Crippen LogP contribution in [0.4, 0.5) is 5.69 Å². The molecule has 0 aliphatic rings. The summed E-state index contributed by atoms with van der Waals surface area (Å²) in [5.41, 5.74) is 0.493. The van der Waals surface area contributed by atoms with Crippen molar-refractivity contribution < 1.29 is 17.9 Å². The maximum Gasteiger partial charge on any atom is 0.340 e. The molecule has 0 saturated carbocycles. The molecule has 0 atom stereocenters. The van der Waals surface area contributed by atoms with Crippen LogP contribution in [0.5, 0.6) is 0 Å². The van der Waals surface area contributed by atoms with Gasteiger partial charge >= 0.3 is 5.97 Å². The zero-order valence-electron chi connectivity index (χ0n) is 13.4. The largest absolute Gasteiger partial charge is 0.462 e. The van der Waals surface area contributed by atoms with Gasteiger partial charge < -0.3 is 4.74 Å². The average Bonchev–Trinajstić information content (AvgIpc) is 2.56. The highest BCUT2D eigenvalue weighted by Crippen LogP contribution is 2.28. The number of hydrogen-bond acceptors (Lipinski definition) is 4. The number of hydrogen-bond donors (Lipinski definition) is 0. The Bertz CT molecular complexity index is 819. The van der Waals surface area contributed by atoms with E-state index in [1.54, 1.807) is 38.1 Å². The topological polar surface area (TPSA) is 63.7 Å². The average molecular weight is 368 g/mol. The summed E-state index contributed by atoms with van der Waals surface area (Å²) in [6.07, 6.45) is 0.